The van der Waals surface area contributed by atoms with Gasteiger partial charge in [0.05, 0.1) is 10.6 Å². The van der Waals surface area contributed by atoms with Crippen molar-refractivity contribution in [1.82, 2.24) is 4.72 Å². The molecule has 0 heterocycles. The molecule has 28 heavy (non-hydrogen) atoms. The maximum atomic E-state index is 12.3. The predicted octanol–water partition coefficient (Wildman–Crippen LogP) is 4.34. The number of amides is 1. The summed E-state index contributed by atoms with van der Waals surface area (Å²) in [5.74, 6) is -0.203. The molecule has 1 amide bonds. The molecule has 1 saturated carbocycles. The highest BCUT2D eigenvalue weighted by atomic mass is 32.2. The summed E-state index contributed by atoms with van der Waals surface area (Å²) in [6, 6.07) is 14.4. The lowest BCUT2D eigenvalue weighted by molar-refractivity contribution is -0.116. The molecule has 0 radical (unpaired) electrons. The summed E-state index contributed by atoms with van der Waals surface area (Å²) >= 11 is 1.82. The molecular weight excluding hydrogens is 392 g/mol. The van der Waals surface area contributed by atoms with Gasteiger partial charge in [0.1, 0.15) is 0 Å². The minimum atomic E-state index is -3.60. The number of para-hydroxylation sites is 1. The summed E-state index contributed by atoms with van der Waals surface area (Å²) < 4.78 is 27.1. The molecule has 150 valence electrons. The van der Waals surface area contributed by atoms with Crippen molar-refractivity contribution in [2.24, 2.45) is 0 Å². The van der Waals surface area contributed by atoms with Crippen molar-refractivity contribution in [3.8, 4) is 0 Å². The van der Waals surface area contributed by atoms with Crippen LogP contribution in [0.5, 0.6) is 0 Å². The topological polar surface area (TPSA) is 75.3 Å². The van der Waals surface area contributed by atoms with Gasteiger partial charge in [-0.1, -0.05) is 42.7 Å². The summed E-state index contributed by atoms with van der Waals surface area (Å²) in [7, 11) is -3.60. The van der Waals surface area contributed by atoms with Crippen LogP contribution >= 0.6 is 11.8 Å². The van der Waals surface area contributed by atoms with Crippen molar-refractivity contribution < 1.29 is 13.2 Å². The number of nitrogens with one attached hydrogen (secondary N) is 2. The zero-order chi connectivity index (χ0) is 20.0. The second kappa shape index (κ2) is 9.58. The molecule has 0 spiro atoms. The minimum absolute atomic E-state index is 0.0555. The number of thioether (sulfide) groups is 1. The van der Waals surface area contributed by atoms with Crippen LogP contribution in [0.3, 0.4) is 0 Å². The number of carbonyl (C=O) groups excluding carboxylic acids is 1. The summed E-state index contributed by atoms with van der Waals surface area (Å²) in [5.41, 5.74) is 1.79. The van der Waals surface area contributed by atoms with Gasteiger partial charge in [0.25, 0.3) is 0 Å². The number of hydrogen-bond acceptors (Lipinski definition) is 4. The highest BCUT2D eigenvalue weighted by Gasteiger charge is 2.18. The smallest absolute Gasteiger partial charge is 0.240 e. The fourth-order valence-electron chi connectivity index (χ4n) is 3.17. The van der Waals surface area contributed by atoms with Crippen LogP contribution in [0.2, 0.25) is 0 Å². The van der Waals surface area contributed by atoms with Gasteiger partial charge in [-0.2, -0.15) is 0 Å². The molecule has 2 N–H and O–H groups in total. The van der Waals surface area contributed by atoms with E-state index in [1.54, 1.807) is 24.3 Å². The van der Waals surface area contributed by atoms with Crippen LogP contribution in [0.15, 0.2) is 58.3 Å². The SMILES string of the molecule is Cc1ccc(S(=O)(=O)NCCC(=O)Nc2ccccc2SC2CCCC2)cc1. The Hall–Kier alpha value is -1.83. The first-order valence-electron chi connectivity index (χ1n) is 9.56. The maximum absolute atomic E-state index is 12.3. The lowest BCUT2D eigenvalue weighted by atomic mass is 10.2. The van der Waals surface area contributed by atoms with Crippen LogP contribution in [0.1, 0.15) is 37.7 Å². The Kier molecular flexibility index (Phi) is 7.15. The van der Waals surface area contributed by atoms with Crippen molar-refractivity contribution in [2.45, 2.75) is 54.1 Å². The molecule has 0 bridgehead atoms. The van der Waals surface area contributed by atoms with E-state index < -0.39 is 10.0 Å². The number of carbonyl (C=O) groups is 1. The molecule has 7 heteroatoms. The van der Waals surface area contributed by atoms with Gasteiger partial charge < -0.3 is 5.32 Å². The van der Waals surface area contributed by atoms with E-state index in [0.29, 0.717) is 5.25 Å². The summed E-state index contributed by atoms with van der Waals surface area (Å²) in [6.45, 7) is 1.96. The highest BCUT2D eigenvalue weighted by Crippen LogP contribution is 2.38. The zero-order valence-corrected chi connectivity index (χ0v) is 17.6. The third-order valence-electron chi connectivity index (χ3n) is 4.73. The van der Waals surface area contributed by atoms with Gasteiger partial charge in [-0.15, -0.1) is 11.8 Å². The Bertz CT molecular complexity index is 906. The predicted molar refractivity (Wildman–Crippen MR) is 114 cm³/mol. The number of benzene rings is 2. The Balaban J connectivity index is 1.52. The van der Waals surface area contributed by atoms with Crippen molar-refractivity contribution >= 4 is 33.4 Å². The highest BCUT2D eigenvalue weighted by molar-refractivity contribution is 8.00. The fraction of sp³-hybridized carbons (Fsp3) is 0.381. The molecule has 2 aromatic rings. The molecule has 0 aliphatic heterocycles. The monoisotopic (exact) mass is 418 g/mol. The van der Waals surface area contributed by atoms with Crippen molar-refractivity contribution in [3.05, 3.63) is 54.1 Å². The molecule has 1 fully saturated rings. The van der Waals surface area contributed by atoms with Crippen LogP contribution in [-0.4, -0.2) is 26.1 Å². The van der Waals surface area contributed by atoms with E-state index >= 15 is 0 Å². The zero-order valence-electron chi connectivity index (χ0n) is 16.0. The average molecular weight is 419 g/mol. The molecule has 5 nitrogen and oxygen atoms in total. The van der Waals surface area contributed by atoms with E-state index in [1.807, 2.05) is 43.0 Å². The van der Waals surface area contributed by atoms with Crippen LogP contribution < -0.4 is 10.0 Å². The van der Waals surface area contributed by atoms with Crippen LogP contribution in [-0.2, 0) is 14.8 Å². The van der Waals surface area contributed by atoms with Crippen LogP contribution in [0.4, 0.5) is 5.69 Å². The quantitative estimate of drug-likeness (QED) is 0.669. The molecular formula is C21H26N2O3S2. The second-order valence-corrected chi connectivity index (χ2v) is 10.1. The number of rotatable bonds is 8. The second-order valence-electron chi connectivity index (χ2n) is 7.03. The normalized spacial score (nSPS) is 14.9. The van der Waals surface area contributed by atoms with Gasteiger partial charge in [0.2, 0.25) is 15.9 Å². The Morgan fingerprint density at radius 2 is 1.75 bits per heavy atom. The standard InChI is InChI=1S/C21H26N2O3S2/c1-16-10-12-18(13-11-16)28(25,26)22-15-14-21(24)23-19-8-4-5-9-20(19)27-17-6-2-3-7-17/h4-5,8-13,17,22H,2-3,6-7,14-15H2,1H3,(H,23,24). The van der Waals surface area contributed by atoms with Crippen LogP contribution in [0, 0.1) is 6.92 Å². The largest absolute Gasteiger partial charge is 0.325 e. The number of sulfonamides is 1. The number of anilines is 1. The fourth-order valence-corrected chi connectivity index (χ4v) is 5.53. The Morgan fingerprint density at radius 1 is 1.07 bits per heavy atom. The van der Waals surface area contributed by atoms with E-state index in [0.717, 1.165) is 16.1 Å². The number of aryl methyl sites for hydroxylation is 1. The van der Waals surface area contributed by atoms with Crippen molar-refractivity contribution in [3.63, 3.8) is 0 Å². The van der Waals surface area contributed by atoms with Crippen molar-refractivity contribution in [1.29, 1.82) is 0 Å². The van der Waals surface area contributed by atoms with Crippen molar-refractivity contribution in [2.75, 3.05) is 11.9 Å². The van der Waals surface area contributed by atoms with Gasteiger partial charge in [0.15, 0.2) is 0 Å². The molecule has 1 aliphatic rings. The molecule has 0 aromatic heterocycles. The summed E-state index contributed by atoms with van der Waals surface area (Å²) in [5, 5.41) is 3.53. The molecule has 0 saturated heterocycles. The average Bonchev–Trinajstić information content (AvgIpc) is 3.17. The molecule has 0 atom stereocenters. The van der Waals surface area contributed by atoms with E-state index in [1.165, 1.54) is 25.7 Å². The first-order valence-corrected chi connectivity index (χ1v) is 11.9. The van der Waals surface area contributed by atoms with Gasteiger partial charge in [-0.3, -0.25) is 4.79 Å². The van der Waals surface area contributed by atoms with Gasteiger partial charge in [-0.05, 0) is 44.0 Å². The maximum Gasteiger partial charge on any atom is 0.240 e. The third kappa shape index (κ3) is 5.83. The molecule has 1 aliphatic carbocycles. The Morgan fingerprint density at radius 3 is 2.46 bits per heavy atom. The van der Waals surface area contributed by atoms with Crippen LogP contribution in [0.25, 0.3) is 0 Å². The lowest BCUT2D eigenvalue weighted by Crippen LogP contribution is -2.28. The molecule has 0 unspecified atom stereocenters. The lowest BCUT2D eigenvalue weighted by Gasteiger charge is -2.14. The first-order chi connectivity index (χ1) is 13.4. The molecule has 3 rings (SSSR count). The number of hydrogen-bond donors (Lipinski definition) is 2. The van der Waals surface area contributed by atoms with E-state index in [4.69, 9.17) is 0 Å². The molecule has 2 aromatic carbocycles. The minimum Gasteiger partial charge on any atom is -0.325 e. The van der Waals surface area contributed by atoms with E-state index in [9.17, 15) is 13.2 Å². The van der Waals surface area contributed by atoms with Gasteiger partial charge in [0, 0.05) is 23.1 Å². The summed E-state index contributed by atoms with van der Waals surface area (Å²) in [4.78, 5) is 13.6. The van der Waals surface area contributed by atoms with Gasteiger partial charge >= 0.3 is 0 Å². The first kappa shape index (κ1) is 20.9. The van der Waals surface area contributed by atoms with E-state index in [2.05, 4.69) is 10.0 Å². The summed E-state index contributed by atoms with van der Waals surface area (Å²) in [6.07, 6.45) is 5.05. The third-order valence-corrected chi connectivity index (χ3v) is 7.62. The van der Waals surface area contributed by atoms with E-state index in [-0.39, 0.29) is 23.8 Å². The van der Waals surface area contributed by atoms with Gasteiger partial charge in [-0.25, -0.2) is 13.1 Å². The Labute approximate surface area is 171 Å².